The number of nitriles is 1. The summed E-state index contributed by atoms with van der Waals surface area (Å²) in [6.45, 7) is 5.71. The molecule has 0 spiro atoms. The average Bonchev–Trinajstić information content (AvgIpc) is 2.38. The fourth-order valence-electron chi connectivity index (χ4n) is 1.33. The van der Waals surface area contributed by atoms with Gasteiger partial charge >= 0.3 is 5.97 Å². The summed E-state index contributed by atoms with van der Waals surface area (Å²) < 4.78 is 0. The van der Waals surface area contributed by atoms with E-state index in [1.54, 1.807) is 0 Å². The molecule has 0 atom stereocenters. The van der Waals surface area contributed by atoms with Gasteiger partial charge in [-0.1, -0.05) is 0 Å². The van der Waals surface area contributed by atoms with Crippen LogP contribution in [0.15, 0.2) is 36.0 Å². The molecule has 0 aliphatic carbocycles. The highest BCUT2D eigenvalue weighted by Gasteiger charge is 2.12. The molecule has 0 aliphatic heterocycles. The van der Waals surface area contributed by atoms with Crippen molar-refractivity contribution in [2.24, 2.45) is 0 Å². The summed E-state index contributed by atoms with van der Waals surface area (Å²) in [6.07, 6.45) is 1.36. The van der Waals surface area contributed by atoms with Crippen LogP contribution in [0.4, 0.5) is 5.69 Å². The molecular formula is C15H17N3O3. The van der Waals surface area contributed by atoms with Gasteiger partial charge in [0.1, 0.15) is 11.6 Å². The minimum absolute atomic E-state index is 0.0627. The summed E-state index contributed by atoms with van der Waals surface area (Å²) in [6, 6.07) is 7.50. The van der Waals surface area contributed by atoms with E-state index >= 15 is 0 Å². The van der Waals surface area contributed by atoms with Crippen LogP contribution in [0.25, 0.3) is 0 Å². The highest BCUT2D eigenvalue weighted by molar-refractivity contribution is 6.06. The van der Waals surface area contributed by atoms with Crippen LogP contribution < -0.4 is 10.6 Å². The molecule has 3 N–H and O–H groups in total. The average molecular weight is 287 g/mol. The van der Waals surface area contributed by atoms with Crippen LogP contribution in [0.1, 0.15) is 31.1 Å². The fraction of sp³-hybridized carbons (Fsp3) is 0.267. The number of carboxylic acid groups (broad SMARTS) is 1. The van der Waals surface area contributed by atoms with Gasteiger partial charge in [-0.2, -0.15) is 5.26 Å². The predicted molar refractivity (Wildman–Crippen MR) is 78.6 cm³/mol. The Kier molecular flexibility index (Phi) is 5.08. The van der Waals surface area contributed by atoms with E-state index in [0.29, 0.717) is 5.69 Å². The summed E-state index contributed by atoms with van der Waals surface area (Å²) >= 11 is 0. The standard InChI is InChI=1S/C15H17N3O3/c1-15(2,3)17-9-11(8-16)13(19)18-12-6-4-10(5-7-12)14(20)21/h4-7,9,17H,1-3H3,(H,18,19)(H,20,21)/b11-9-. The van der Waals surface area contributed by atoms with Gasteiger partial charge in [0.2, 0.25) is 0 Å². The maximum atomic E-state index is 11.9. The monoisotopic (exact) mass is 287 g/mol. The normalized spacial score (nSPS) is 11.4. The second kappa shape index (κ2) is 6.57. The molecule has 0 bridgehead atoms. The summed E-state index contributed by atoms with van der Waals surface area (Å²) in [5.41, 5.74) is 0.221. The number of rotatable bonds is 4. The third-order valence-electron chi connectivity index (χ3n) is 2.40. The lowest BCUT2D eigenvalue weighted by Gasteiger charge is -2.18. The van der Waals surface area contributed by atoms with Crippen LogP contribution in [0.5, 0.6) is 0 Å². The molecule has 1 rings (SSSR count). The molecule has 6 nitrogen and oxygen atoms in total. The van der Waals surface area contributed by atoms with E-state index in [4.69, 9.17) is 10.4 Å². The van der Waals surface area contributed by atoms with Crippen LogP contribution in [-0.2, 0) is 4.79 Å². The SMILES string of the molecule is CC(C)(C)N/C=C(/C#N)C(=O)Nc1ccc(C(=O)O)cc1. The Morgan fingerprint density at radius 3 is 2.24 bits per heavy atom. The third-order valence-corrected chi connectivity index (χ3v) is 2.40. The van der Waals surface area contributed by atoms with Crippen LogP contribution in [0, 0.1) is 11.3 Å². The molecule has 6 heteroatoms. The molecule has 1 aromatic carbocycles. The summed E-state index contributed by atoms with van der Waals surface area (Å²) in [4.78, 5) is 22.6. The number of amides is 1. The van der Waals surface area contributed by atoms with Crippen molar-refractivity contribution in [3.8, 4) is 6.07 Å². The molecule has 0 unspecified atom stereocenters. The Hall–Kier alpha value is -2.81. The van der Waals surface area contributed by atoms with Crippen LogP contribution in [0.3, 0.4) is 0 Å². The van der Waals surface area contributed by atoms with E-state index in [0.717, 1.165) is 0 Å². The van der Waals surface area contributed by atoms with E-state index in [2.05, 4.69) is 10.6 Å². The lowest BCUT2D eigenvalue weighted by atomic mass is 10.1. The topological polar surface area (TPSA) is 102 Å². The maximum Gasteiger partial charge on any atom is 0.335 e. The molecule has 0 heterocycles. The number of nitrogens with one attached hydrogen (secondary N) is 2. The summed E-state index contributed by atoms with van der Waals surface area (Å²) in [5, 5.41) is 23.2. The molecule has 0 fully saturated rings. The van der Waals surface area contributed by atoms with E-state index in [1.165, 1.54) is 30.5 Å². The van der Waals surface area contributed by atoms with E-state index < -0.39 is 11.9 Å². The van der Waals surface area contributed by atoms with Gasteiger partial charge in [0.25, 0.3) is 5.91 Å². The first-order valence-electron chi connectivity index (χ1n) is 6.25. The lowest BCUT2D eigenvalue weighted by Crippen LogP contribution is -2.32. The molecule has 0 saturated heterocycles. The fourth-order valence-corrected chi connectivity index (χ4v) is 1.33. The third kappa shape index (κ3) is 5.37. The molecular weight excluding hydrogens is 270 g/mol. The summed E-state index contributed by atoms with van der Waals surface area (Å²) in [7, 11) is 0. The Bertz CT molecular complexity index is 605. The largest absolute Gasteiger partial charge is 0.478 e. The first-order chi connectivity index (χ1) is 9.73. The van der Waals surface area contributed by atoms with Crippen molar-refractivity contribution >= 4 is 17.6 Å². The van der Waals surface area contributed by atoms with Gasteiger partial charge in [-0.15, -0.1) is 0 Å². The number of hydrogen-bond donors (Lipinski definition) is 3. The molecule has 0 saturated carbocycles. The Morgan fingerprint density at radius 1 is 1.24 bits per heavy atom. The summed E-state index contributed by atoms with van der Waals surface area (Å²) in [5.74, 6) is -1.60. The Morgan fingerprint density at radius 2 is 1.81 bits per heavy atom. The number of carbonyl (C=O) groups is 2. The number of hydrogen-bond acceptors (Lipinski definition) is 4. The molecule has 0 aromatic heterocycles. The zero-order valence-corrected chi connectivity index (χ0v) is 12.1. The van der Waals surface area contributed by atoms with E-state index in [1.807, 2.05) is 26.8 Å². The van der Waals surface area contributed by atoms with E-state index in [-0.39, 0.29) is 16.7 Å². The number of carboxylic acids is 1. The predicted octanol–water partition coefficient (Wildman–Crippen LogP) is 2.12. The van der Waals surface area contributed by atoms with Crippen LogP contribution in [0.2, 0.25) is 0 Å². The van der Waals surface area contributed by atoms with Crippen molar-refractivity contribution in [1.29, 1.82) is 5.26 Å². The van der Waals surface area contributed by atoms with Crippen molar-refractivity contribution < 1.29 is 14.7 Å². The first kappa shape index (κ1) is 16.2. The minimum Gasteiger partial charge on any atom is -0.478 e. The first-order valence-corrected chi connectivity index (χ1v) is 6.25. The Balaban J connectivity index is 2.79. The number of benzene rings is 1. The maximum absolute atomic E-state index is 11.9. The number of carbonyl (C=O) groups excluding carboxylic acids is 1. The van der Waals surface area contributed by atoms with Gasteiger partial charge in [0, 0.05) is 17.4 Å². The van der Waals surface area contributed by atoms with Crippen molar-refractivity contribution in [3.05, 3.63) is 41.6 Å². The van der Waals surface area contributed by atoms with Crippen molar-refractivity contribution in [2.45, 2.75) is 26.3 Å². The lowest BCUT2D eigenvalue weighted by molar-refractivity contribution is -0.112. The minimum atomic E-state index is -1.04. The van der Waals surface area contributed by atoms with E-state index in [9.17, 15) is 9.59 Å². The van der Waals surface area contributed by atoms with Gasteiger partial charge in [0.05, 0.1) is 5.56 Å². The second-order valence-corrected chi connectivity index (χ2v) is 5.40. The molecule has 21 heavy (non-hydrogen) atoms. The number of aromatic carboxylic acids is 1. The molecule has 1 amide bonds. The van der Waals surface area contributed by atoms with Gasteiger partial charge in [-0.3, -0.25) is 4.79 Å². The van der Waals surface area contributed by atoms with Gasteiger partial charge < -0.3 is 15.7 Å². The number of nitrogens with zero attached hydrogens (tertiary/aromatic N) is 1. The number of anilines is 1. The van der Waals surface area contributed by atoms with Gasteiger partial charge in [-0.25, -0.2) is 4.79 Å². The highest BCUT2D eigenvalue weighted by atomic mass is 16.4. The molecule has 0 aliphatic rings. The molecule has 110 valence electrons. The Labute approximate surface area is 123 Å². The van der Waals surface area contributed by atoms with Gasteiger partial charge in [-0.05, 0) is 45.0 Å². The van der Waals surface area contributed by atoms with Crippen molar-refractivity contribution in [1.82, 2.24) is 5.32 Å². The van der Waals surface area contributed by atoms with Gasteiger partial charge in [0.15, 0.2) is 0 Å². The molecule has 0 radical (unpaired) electrons. The van der Waals surface area contributed by atoms with Crippen molar-refractivity contribution in [3.63, 3.8) is 0 Å². The van der Waals surface area contributed by atoms with Crippen LogP contribution in [-0.4, -0.2) is 22.5 Å². The highest BCUT2D eigenvalue weighted by Crippen LogP contribution is 2.11. The second-order valence-electron chi connectivity index (χ2n) is 5.40. The quantitative estimate of drug-likeness (QED) is 0.581. The van der Waals surface area contributed by atoms with Crippen LogP contribution >= 0.6 is 0 Å². The van der Waals surface area contributed by atoms with Crippen molar-refractivity contribution in [2.75, 3.05) is 5.32 Å². The molecule has 1 aromatic rings. The zero-order chi connectivity index (χ0) is 16.0. The zero-order valence-electron chi connectivity index (χ0n) is 12.1. The smallest absolute Gasteiger partial charge is 0.335 e.